The van der Waals surface area contributed by atoms with Crippen molar-refractivity contribution in [2.75, 3.05) is 0 Å². The minimum absolute atomic E-state index is 0.0198. The van der Waals surface area contributed by atoms with Gasteiger partial charge >= 0.3 is 0 Å². The van der Waals surface area contributed by atoms with Crippen molar-refractivity contribution in [3.63, 3.8) is 0 Å². The van der Waals surface area contributed by atoms with Crippen molar-refractivity contribution < 1.29 is 4.79 Å². The molecule has 2 aliphatic heterocycles. The fourth-order valence-corrected chi connectivity index (χ4v) is 4.93. The maximum atomic E-state index is 12.4. The van der Waals surface area contributed by atoms with Crippen LogP contribution >= 0.6 is 23.1 Å². The molecule has 2 aliphatic rings. The summed E-state index contributed by atoms with van der Waals surface area (Å²) in [5.74, 6) is -0.0198. The largest absolute Gasteiger partial charge is 0.348 e. The summed E-state index contributed by atoms with van der Waals surface area (Å²) >= 11 is 2.70. The summed E-state index contributed by atoms with van der Waals surface area (Å²) in [4.78, 5) is 13.4. The first-order valence-corrected chi connectivity index (χ1v) is 9.43. The van der Waals surface area contributed by atoms with Gasteiger partial charge in [-0.25, -0.2) is 0 Å². The van der Waals surface area contributed by atoms with Crippen LogP contribution in [-0.2, 0) is 0 Å². The van der Waals surface area contributed by atoms with E-state index in [1.165, 1.54) is 29.5 Å². The molecule has 122 valence electrons. The number of carbonyl (C=O) groups excluding carboxylic acids is 1. The molecule has 2 aromatic rings. The highest BCUT2D eigenvalue weighted by Crippen LogP contribution is 2.30. The molecule has 4 rings (SSSR count). The topological polar surface area (TPSA) is 90.7 Å². The second-order valence-electron chi connectivity index (χ2n) is 5.97. The van der Waals surface area contributed by atoms with Crippen molar-refractivity contribution in [3.05, 3.63) is 34.8 Å². The Hall–Kier alpha value is -1.95. The molecule has 2 fully saturated rings. The zero-order valence-corrected chi connectivity index (χ0v) is 14.4. The molecular weight excluding hydrogens is 342 g/mol. The minimum Gasteiger partial charge on any atom is -0.348 e. The van der Waals surface area contributed by atoms with Gasteiger partial charge in [0.2, 0.25) is 5.01 Å². The summed E-state index contributed by atoms with van der Waals surface area (Å²) in [5.41, 5.74) is 0.664. The maximum absolute atomic E-state index is 12.4. The number of nitrogens with zero attached hydrogens (tertiary/aromatic N) is 3. The average Bonchev–Trinajstić information content (AvgIpc) is 3.32. The van der Waals surface area contributed by atoms with Gasteiger partial charge in [0.05, 0.1) is 0 Å². The quantitative estimate of drug-likeness (QED) is 0.872. The van der Waals surface area contributed by atoms with Crippen LogP contribution in [0, 0.1) is 11.3 Å². The SMILES string of the molecule is N#Cc1nnc(Sc2ccc(C(=O)NC3CC4CCC3N4)cc2)s1. The number of nitrogens with one attached hydrogen (secondary N) is 2. The van der Waals surface area contributed by atoms with Gasteiger partial charge in [0.15, 0.2) is 4.34 Å². The Morgan fingerprint density at radius 3 is 2.79 bits per heavy atom. The van der Waals surface area contributed by atoms with Crippen LogP contribution in [0.3, 0.4) is 0 Å². The molecule has 2 saturated heterocycles. The van der Waals surface area contributed by atoms with Crippen molar-refractivity contribution in [1.82, 2.24) is 20.8 Å². The predicted octanol–water partition coefficient (Wildman–Crippen LogP) is 2.18. The summed E-state index contributed by atoms with van der Waals surface area (Å²) in [5, 5.41) is 23.5. The van der Waals surface area contributed by atoms with Crippen molar-refractivity contribution in [3.8, 4) is 6.07 Å². The lowest BCUT2D eigenvalue weighted by molar-refractivity contribution is 0.0931. The second-order valence-corrected chi connectivity index (χ2v) is 8.27. The van der Waals surface area contributed by atoms with Gasteiger partial charge in [-0.3, -0.25) is 4.79 Å². The summed E-state index contributed by atoms with van der Waals surface area (Å²) in [7, 11) is 0. The van der Waals surface area contributed by atoms with E-state index in [-0.39, 0.29) is 11.9 Å². The molecule has 0 spiro atoms. The highest BCUT2D eigenvalue weighted by molar-refractivity contribution is 8.01. The van der Waals surface area contributed by atoms with E-state index in [2.05, 4.69) is 20.8 Å². The number of rotatable bonds is 4. The third-order valence-corrected chi connectivity index (χ3v) is 6.33. The monoisotopic (exact) mass is 357 g/mol. The first-order chi connectivity index (χ1) is 11.7. The summed E-state index contributed by atoms with van der Waals surface area (Å²) < 4.78 is 0.719. The van der Waals surface area contributed by atoms with Gasteiger partial charge in [-0.15, -0.1) is 10.2 Å². The van der Waals surface area contributed by atoms with Crippen LogP contribution in [0.5, 0.6) is 0 Å². The van der Waals surface area contributed by atoms with E-state index < -0.39 is 0 Å². The van der Waals surface area contributed by atoms with E-state index in [1.807, 2.05) is 30.3 Å². The lowest BCUT2D eigenvalue weighted by Crippen LogP contribution is -2.42. The molecule has 6 nitrogen and oxygen atoms in total. The molecule has 0 radical (unpaired) electrons. The van der Waals surface area contributed by atoms with Gasteiger partial charge in [0.1, 0.15) is 6.07 Å². The standard InChI is InChI=1S/C16H15N5OS2/c17-8-14-20-21-16(24-14)23-11-4-1-9(2-5-11)15(22)19-13-7-10-3-6-12(13)18-10/h1-2,4-5,10,12-13,18H,3,6-7H2,(H,19,22). The van der Waals surface area contributed by atoms with Gasteiger partial charge in [-0.2, -0.15) is 5.26 Å². The Kier molecular flexibility index (Phi) is 4.22. The van der Waals surface area contributed by atoms with E-state index in [4.69, 9.17) is 5.26 Å². The lowest BCUT2D eigenvalue weighted by Gasteiger charge is -2.21. The number of fused-ring (bicyclic) bond motifs is 2. The number of hydrogen-bond donors (Lipinski definition) is 2. The molecule has 0 aliphatic carbocycles. The van der Waals surface area contributed by atoms with E-state index in [1.54, 1.807) is 0 Å². The zero-order chi connectivity index (χ0) is 16.5. The van der Waals surface area contributed by atoms with Gasteiger partial charge in [0.25, 0.3) is 5.91 Å². The van der Waals surface area contributed by atoms with E-state index >= 15 is 0 Å². The van der Waals surface area contributed by atoms with Crippen molar-refractivity contribution >= 4 is 29.0 Å². The molecule has 1 aromatic heterocycles. The molecule has 1 amide bonds. The fraction of sp³-hybridized carbons (Fsp3) is 0.375. The summed E-state index contributed by atoms with van der Waals surface area (Å²) in [6.07, 6.45) is 3.41. The number of aromatic nitrogens is 2. The Morgan fingerprint density at radius 1 is 1.33 bits per heavy atom. The van der Waals surface area contributed by atoms with E-state index in [9.17, 15) is 4.79 Å². The molecule has 0 saturated carbocycles. The van der Waals surface area contributed by atoms with Crippen LogP contribution in [0.15, 0.2) is 33.5 Å². The number of carbonyl (C=O) groups is 1. The minimum atomic E-state index is -0.0198. The maximum Gasteiger partial charge on any atom is 0.251 e. The predicted molar refractivity (Wildman–Crippen MR) is 91.0 cm³/mol. The van der Waals surface area contributed by atoms with Crippen LogP contribution in [0.2, 0.25) is 0 Å². The summed E-state index contributed by atoms with van der Waals surface area (Å²) in [6.45, 7) is 0. The number of benzene rings is 1. The molecule has 3 atom stereocenters. The van der Waals surface area contributed by atoms with Crippen LogP contribution in [0.1, 0.15) is 34.6 Å². The van der Waals surface area contributed by atoms with Gasteiger partial charge in [0, 0.05) is 28.6 Å². The lowest BCUT2D eigenvalue weighted by atomic mass is 9.95. The third kappa shape index (κ3) is 3.15. The third-order valence-electron chi connectivity index (χ3n) is 4.44. The molecular formula is C16H15N5OS2. The van der Waals surface area contributed by atoms with Crippen molar-refractivity contribution in [2.24, 2.45) is 0 Å². The highest BCUT2D eigenvalue weighted by Gasteiger charge is 2.39. The molecule has 3 heterocycles. The number of nitriles is 1. The van der Waals surface area contributed by atoms with E-state index in [0.29, 0.717) is 22.7 Å². The van der Waals surface area contributed by atoms with Crippen LogP contribution in [0.25, 0.3) is 0 Å². The second kappa shape index (κ2) is 6.51. The van der Waals surface area contributed by atoms with Crippen molar-refractivity contribution in [2.45, 2.75) is 46.6 Å². The van der Waals surface area contributed by atoms with Crippen LogP contribution in [-0.4, -0.2) is 34.2 Å². The zero-order valence-electron chi connectivity index (χ0n) is 12.7. The Labute approximate surface area is 147 Å². The first-order valence-electron chi connectivity index (χ1n) is 7.80. The Bertz CT molecular complexity index is 798. The normalized spacial score (nSPS) is 24.7. The molecule has 2 N–H and O–H groups in total. The van der Waals surface area contributed by atoms with Crippen LogP contribution in [0.4, 0.5) is 0 Å². The summed E-state index contributed by atoms with van der Waals surface area (Å²) in [6, 6.07) is 10.7. The van der Waals surface area contributed by atoms with Crippen molar-refractivity contribution in [1.29, 1.82) is 5.26 Å². The first kappa shape index (κ1) is 15.6. The number of hydrogen-bond acceptors (Lipinski definition) is 7. The van der Waals surface area contributed by atoms with Crippen LogP contribution < -0.4 is 10.6 Å². The fourth-order valence-electron chi connectivity index (χ4n) is 3.31. The Morgan fingerprint density at radius 2 is 2.17 bits per heavy atom. The smallest absolute Gasteiger partial charge is 0.251 e. The molecule has 3 unspecified atom stereocenters. The number of amides is 1. The molecule has 2 bridgehead atoms. The molecule has 8 heteroatoms. The van der Waals surface area contributed by atoms with Gasteiger partial charge in [-0.1, -0.05) is 23.1 Å². The highest BCUT2D eigenvalue weighted by atomic mass is 32.2. The Balaban J connectivity index is 1.38. The molecule has 24 heavy (non-hydrogen) atoms. The van der Waals surface area contributed by atoms with E-state index in [0.717, 1.165) is 22.1 Å². The average molecular weight is 357 g/mol. The van der Waals surface area contributed by atoms with Gasteiger partial charge in [-0.05, 0) is 43.5 Å². The van der Waals surface area contributed by atoms with Gasteiger partial charge < -0.3 is 10.6 Å². The molecule has 1 aromatic carbocycles.